The first-order valence-electron chi connectivity index (χ1n) is 12.8. The van der Waals surface area contributed by atoms with Gasteiger partial charge in [-0.2, -0.15) is 0 Å². The molecule has 0 fully saturated rings. The van der Waals surface area contributed by atoms with E-state index in [9.17, 15) is 13.2 Å². The highest BCUT2D eigenvalue weighted by Crippen LogP contribution is 2.27. The van der Waals surface area contributed by atoms with E-state index in [1.54, 1.807) is 30.6 Å². The number of ether oxygens (including phenoxy) is 1. The lowest BCUT2D eigenvalue weighted by Crippen LogP contribution is -2.26. The molecule has 2 aromatic heterocycles. The number of pyridine rings is 2. The molecule has 198 valence electrons. The number of hydrogen-bond donors (Lipinski definition) is 2. The lowest BCUT2D eigenvalue weighted by molar-refractivity contribution is 0.0955. The van der Waals surface area contributed by atoms with Crippen LogP contribution in [0.25, 0.3) is 22.2 Å². The van der Waals surface area contributed by atoms with Gasteiger partial charge in [0.25, 0.3) is 5.91 Å². The predicted octanol–water partition coefficient (Wildman–Crippen LogP) is 4.75. The van der Waals surface area contributed by atoms with Crippen LogP contribution in [0.2, 0.25) is 0 Å². The zero-order valence-corrected chi connectivity index (χ0v) is 22.4. The third-order valence-electron chi connectivity index (χ3n) is 6.05. The number of rotatable bonds is 12. The Balaban J connectivity index is 1.63. The number of carbonyl (C=O) groups is 1. The summed E-state index contributed by atoms with van der Waals surface area (Å²) in [7, 11) is -3.72. The fraction of sp³-hybridized carbons (Fsp3) is 0.276. The first-order chi connectivity index (χ1) is 18.4. The molecule has 4 aromatic rings. The number of amides is 1. The van der Waals surface area contributed by atoms with E-state index in [0.29, 0.717) is 48.3 Å². The number of carbonyl (C=O) groups excluding carboxylic acids is 1. The Kier molecular flexibility index (Phi) is 9.04. The van der Waals surface area contributed by atoms with Crippen molar-refractivity contribution in [3.8, 4) is 17.0 Å². The molecule has 0 saturated heterocycles. The van der Waals surface area contributed by atoms with Crippen LogP contribution >= 0.6 is 0 Å². The van der Waals surface area contributed by atoms with E-state index in [-0.39, 0.29) is 10.8 Å². The van der Waals surface area contributed by atoms with E-state index in [1.165, 1.54) is 12.1 Å². The summed E-state index contributed by atoms with van der Waals surface area (Å²) in [4.78, 5) is 22.4. The lowest BCUT2D eigenvalue weighted by Gasteiger charge is -2.13. The zero-order chi connectivity index (χ0) is 27.0. The first kappa shape index (κ1) is 27.2. The van der Waals surface area contributed by atoms with Crippen LogP contribution in [-0.2, 0) is 16.4 Å². The van der Waals surface area contributed by atoms with E-state index in [0.717, 1.165) is 29.7 Å². The molecule has 0 saturated carbocycles. The minimum Gasteiger partial charge on any atom is -0.494 e. The number of aromatic nitrogens is 2. The van der Waals surface area contributed by atoms with Gasteiger partial charge in [0.05, 0.1) is 28.3 Å². The van der Waals surface area contributed by atoms with Crippen molar-refractivity contribution in [1.29, 1.82) is 0 Å². The Bertz CT molecular complexity index is 1490. The van der Waals surface area contributed by atoms with Gasteiger partial charge >= 0.3 is 0 Å². The van der Waals surface area contributed by atoms with E-state index in [4.69, 9.17) is 9.72 Å². The van der Waals surface area contributed by atoms with E-state index in [2.05, 4.69) is 15.0 Å². The van der Waals surface area contributed by atoms with Gasteiger partial charge in [-0.15, -0.1) is 0 Å². The minimum absolute atomic E-state index is 0.0977. The van der Waals surface area contributed by atoms with Crippen LogP contribution in [0.4, 0.5) is 0 Å². The van der Waals surface area contributed by atoms with Crippen LogP contribution in [-0.4, -0.2) is 44.0 Å². The topological polar surface area (TPSA) is 110 Å². The molecule has 2 aromatic carbocycles. The Morgan fingerprint density at radius 2 is 1.82 bits per heavy atom. The van der Waals surface area contributed by atoms with Crippen molar-refractivity contribution < 1.29 is 17.9 Å². The van der Waals surface area contributed by atoms with E-state index < -0.39 is 10.0 Å². The maximum absolute atomic E-state index is 13.4. The predicted molar refractivity (Wildman–Crippen MR) is 149 cm³/mol. The minimum atomic E-state index is -3.72. The number of hydrogen-bond acceptors (Lipinski definition) is 6. The van der Waals surface area contributed by atoms with Gasteiger partial charge in [-0.05, 0) is 73.9 Å². The van der Waals surface area contributed by atoms with Gasteiger partial charge in [-0.25, -0.2) is 18.1 Å². The van der Waals surface area contributed by atoms with Gasteiger partial charge in [0.1, 0.15) is 5.75 Å². The van der Waals surface area contributed by atoms with E-state index in [1.807, 2.05) is 44.2 Å². The monoisotopic (exact) mass is 532 g/mol. The Hall–Kier alpha value is -3.82. The number of nitrogens with one attached hydrogen (secondary N) is 2. The Morgan fingerprint density at radius 3 is 2.53 bits per heavy atom. The van der Waals surface area contributed by atoms with Gasteiger partial charge in [0.2, 0.25) is 10.0 Å². The molecule has 0 radical (unpaired) electrons. The van der Waals surface area contributed by atoms with Crippen LogP contribution in [0.3, 0.4) is 0 Å². The maximum Gasteiger partial charge on any atom is 0.252 e. The molecule has 1 amide bonds. The summed E-state index contributed by atoms with van der Waals surface area (Å²) in [5.74, 6) is 0.503. The number of fused-ring (bicyclic) bond motifs is 1. The second kappa shape index (κ2) is 12.6. The van der Waals surface area contributed by atoms with Crippen molar-refractivity contribution in [2.24, 2.45) is 0 Å². The second-order valence-electron chi connectivity index (χ2n) is 8.81. The van der Waals surface area contributed by atoms with Gasteiger partial charge in [0, 0.05) is 36.4 Å². The van der Waals surface area contributed by atoms with Crippen molar-refractivity contribution in [1.82, 2.24) is 20.0 Å². The summed E-state index contributed by atoms with van der Waals surface area (Å²) in [6, 6.07) is 17.8. The fourth-order valence-corrected chi connectivity index (χ4v) is 5.12. The lowest BCUT2D eigenvalue weighted by atomic mass is 10.0. The average molecular weight is 533 g/mol. The highest BCUT2D eigenvalue weighted by atomic mass is 32.2. The standard InChI is InChI=1S/C29H32N4O4S/c1-3-5-16-32-38(35,36)24-12-13-27-25(18-24)26(19-28(33-27)22-7-6-15-30-20-22)29(34)31-17-14-21-8-10-23(11-9-21)37-4-2/h6-13,15,18-20,32H,3-5,14,16-17H2,1-2H3,(H,31,34). The zero-order valence-electron chi connectivity index (χ0n) is 21.6. The van der Waals surface area contributed by atoms with Gasteiger partial charge < -0.3 is 10.1 Å². The maximum atomic E-state index is 13.4. The molecule has 0 aliphatic carbocycles. The number of nitrogens with zero attached hydrogens (tertiary/aromatic N) is 2. The molecule has 0 aliphatic heterocycles. The molecule has 0 atom stereocenters. The molecular weight excluding hydrogens is 500 g/mol. The summed E-state index contributed by atoms with van der Waals surface area (Å²) in [6.45, 7) is 5.31. The van der Waals surface area contributed by atoms with Gasteiger partial charge in [-0.3, -0.25) is 9.78 Å². The molecular formula is C29H32N4O4S. The fourth-order valence-electron chi connectivity index (χ4n) is 4.02. The third-order valence-corrected chi connectivity index (χ3v) is 7.51. The molecule has 0 spiro atoms. The number of sulfonamides is 1. The van der Waals surface area contributed by atoms with Gasteiger partial charge in [0.15, 0.2) is 0 Å². The summed E-state index contributed by atoms with van der Waals surface area (Å²) in [5, 5.41) is 3.45. The normalized spacial score (nSPS) is 11.4. The quantitative estimate of drug-likeness (QED) is 0.255. The summed E-state index contributed by atoms with van der Waals surface area (Å²) in [6.07, 6.45) is 5.60. The molecule has 0 bridgehead atoms. The van der Waals surface area contributed by atoms with Crippen molar-refractivity contribution in [2.45, 2.75) is 38.0 Å². The van der Waals surface area contributed by atoms with Crippen LogP contribution in [0.1, 0.15) is 42.6 Å². The van der Waals surface area contributed by atoms with Crippen LogP contribution in [0.5, 0.6) is 5.75 Å². The Morgan fingerprint density at radius 1 is 1.00 bits per heavy atom. The molecule has 0 aliphatic rings. The summed E-state index contributed by atoms with van der Waals surface area (Å²) >= 11 is 0. The molecule has 8 nitrogen and oxygen atoms in total. The van der Waals surface area contributed by atoms with E-state index >= 15 is 0 Å². The van der Waals surface area contributed by atoms with Crippen LogP contribution in [0, 0.1) is 0 Å². The SMILES string of the molecule is CCCCNS(=O)(=O)c1ccc2nc(-c3cccnc3)cc(C(=O)NCCc3ccc(OCC)cc3)c2c1. The van der Waals surface area contributed by atoms with Crippen molar-refractivity contribution in [2.75, 3.05) is 19.7 Å². The highest BCUT2D eigenvalue weighted by molar-refractivity contribution is 7.89. The molecule has 4 rings (SSSR count). The second-order valence-corrected chi connectivity index (χ2v) is 10.6. The average Bonchev–Trinajstić information content (AvgIpc) is 2.93. The smallest absolute Gasteiger partial charge is 0.252 e. The first-order valence-corrected chi connectivity index (χ1v) is 14.2. The molecule has 2 heterocycles. The molecule has 2 N–H and O–H groups in total. The number of benzene rings is 2. The van der Waals surface area contributed by atoms with Crippen molar-refractivity contribution in [3.05, 3.63) is 84.2 Å². The molecule has 38 heavy (non-hydrogen) atoms. The Labute approximate surface area is 223 Å². The third kappa shape index (κ3) is 6.73. The van der Waals surface area contributed by atoms with Crippen LogP contribution in [0.15, 0.2) is 78.0 Å². The van der Waals surface area contributed by atoms with Crippen molar-refractivity contribution >= 4 is 26.8 Å². The number of unbranched alkanes of at least 4 members (excludes halogenated alkanes) is 1. The molecule has 9 heteroatoms. The summed E-state index contributed by atoms with van der Waals surface area (Å²) in [5.41, 5.74) is 3.28. The molecule has 0 unspecified atom stereocenters. The van der Waals surface area contributed by atoms with Crippen molar-refractivity contribution in [3.63, 3.8) is 0 Å². The van der Waals surface area contributed by atoms with Gasteiger partial charge in [-0.1, -0.05) is 25.5 Å². The largest absolute Gasteiger partial charge is 0.494 e. The summed E-state index contributed by atoms with van der Waals surface area (Å²) < 4.78 is 33.8. The highest BCUT2D eigenvalue weighted by Gasteiger charge is 2.19. The van der Waals surface area contributed by atoms with Crippen LogP contribution < -0.4 is 14.8 Å².